The van der Waals surface area contributed by atoms with E-state index in [0.717, 1.165) is 43.0 Å². The van der Waals surface area contributed by atoms with Crippen LogP contribution in [0.5, 0.6) is 0 Å². The Bertz CT molecular complexity index is 1020. The lowest BCUT2D eigenvalue weighted by Gasteiger charge is -2.32. The zero-order valence-corrected chi connectivity index (χ0v) is 17.9. The third-order valence-corrected chi connectivity index (χ3v) is 6.30. The fourth-order valence-electron chi connectivity index (χ4n) is 4.22. The Morgan fingerprint density at radius 2 is 1.76 bits per heavy atom. The van der Waals surface area contributed by atoms with Crippen LogP contribution >= 0.6 is 23.2 Å². The van der Waals surface area contributed by atoms with Crippen LogP contribution in [-0.2, 0) is 13.0 Å². The quantitative estimate of drug-likeness (QED) is 0.550. The number of aryl methyl sites for hydroxylation is 1. The van der Waals surface area contributed by atoms with Crippen molar-refractivity contribution in [2.75, 3.05) is 19.6 Å². The van der Waals surface area contributed by atoms with Crippen molar-refractivity contribution in [3.63, 3.8) is 0 Å². The highest BCUT2D eigenvalue weighted by atomic mass is 35.5. The summed E-state index contributed by atoms with van der Waals surface area (Å²) < 4.78 is 1.84. The van der Waals surface area contributed by atoms with Gasteiger partial charge < -0.3 is 9.47 Å². The Hall–Kier alpha value is -1.88. The van der Waals surface area contributed by atoms with Gasteiger partial charge in [0.1, 0.15) is 0 Å². The van der Waals surface area contributed by atoms with E-state index in [0.29, 0.717) is 16.6 Å². The van der Waals surface area contributed by atoms with Gasteiger partial charge in [0.25, 0.3) is 5.56 Å². The second-order valence-corrected chi connectivity index (χ2v) is 8.71. The van der Waals surface area contributed by atoms with E-state index in [1.807, 2.05) is 28.8 Å². The monoisotopic (exact) mass is 429 g/mol. The molecule has 0 spiro atoms. The van der Waals surface area contributed by atoms with Crippen molar-refractivity contribution in [3.05, 3.63) is 74.6 Å². The van der Waals surface area contributed by atoms with Crippen LogP contribution in [0.3, 0.4) is 0 Å². The summed E-state index contributed by atoms with van der Waals surface area (Å²) in [7, 11) is 0. The minimum absolute atomic E-state index is 0.0422. The molecule has 0 amide bonds. The van der Waals surface area contributed by atoms with Crippen LogP contribution in [0.1, 0.15) is 24.8 Å². The molecule has 0 bridgehead atoms. The summed E-state index contributed by atoms with van der Waals surface area (Å²) in [4.78, 5) is 19.1. The molecule has 0 saturated carbocycles. The lowest BCUT2D eigenvalue weighted by Crippen LogP contribution is -2.37. The lowest BCUT2D eigenvalue weighted by molar-refractivity contribution is 0.174. The Morgan fingerprint density at radius 1 is 1.00 bits per heavy atom. The normalized spacial score (nSPS) is 15.8. The highest BCUT2D eigenvalue weighted by molar-refractivity contribution is 6.34. The molecule has 6 heteroatoms. The number of hydrogen-bond donors (Lipinski definition) is 0. The molecule has 0 N–H and O–H groups in total. The number of hydrogen-bond acceptors (Lipinski definition) is 3. The van der Waals surface area contributed by atoms with Crippen molar-refractivity contribution in [2.45, 2.75) is 32.2 Å². The zero-order chi connectivity index (χ0) is 20.2. The molecule has 4 rings (SSSR count). The fourth-order valence-corrected chi connectivity index (χ4v) is 4.79. The SMILES string of the molecule is O=c1ccc2ncccc2n1CCN1CCC(CCc2cc(Cl)cc(Cl)c2)CC1. The number of benzene rings is 1. The first-order valence-corrected chi connectivity index (χ1v) is 11.0. The molecule has 2 aromatic heterocycles. The second-order valence-electron chi connectivity index (χ2n) is 7.83. The standard InChI is InChI=1S/C23H25Cl2N3O/c24-19-14-18(15-20(25)16-19)4-3-17-7-10-27(11-8-17)12-13-28-22-2-1-9-26-21(22)5-6-23(28)29/h1-2,5-6,9,14-17H,3-4,7-8,10-13H2. The topological polar surface area (TPSA) is 38.1 Å². The molecule has 152 valence electrons. The number of aromatic nitrogens is 2. The molecule has 4 nitrogen and oxygen atoms in total. The van der Waals surface area contributed by atoms with Crippen LogP contribution in [0, 0.1) is 5.92 Å². The molecule has 0 aliphatic carbocycles. The lowest BCUT2D eigenvalue weighted by atomic mass is 9.90. The predicted octanol–water partition coefficient (Wildman–Crippen LogP) is 5.05. The number of halogens is 2. The van der Waals surface area contributed by atoms with Crippen molar-refractivity contribution >= 4 is 34.2 Å². The zero-order valence-electron chi connectivity index (χ0n) is 16.4. The number of fused-ring (bicyclic) bond motifs is 1. The average Bonchev–Trinajstić information content (AvgIpc) is 2.72. The number of rotatable bonds is 6. The van der Waals surface area contributed by atoms with Crippen molar-refractivity contribution in [1.29, 1.82) is 0 Å². The average molecular weight is 430 g/mol. The Kier molecular flexibility index (Phi) is 6.53. The minimum atomic E-state index is 0.0422. The summed E-state index contributed by atoms with van der Waals surface area (Å²) in [5, 5.41) is 1.42. The first kappa shape index (κ1) is 20.4. The van der Waals surface area contributed by atoms with E-state index in [9.17, 15) is 4.79 Å². The number of likely N-dealkylation sites (tertiary alicyclic amines) is 1. The van der Waals surface area contributed by atoms with Gasteiger partial charge >= 0.3 is 0 Å². The van der Waals surface area contributed by atoms with Crippen molar-refractivity contribution in [1.82, 2.24) is 14.5 Å². The molecular weight excluding hydrogens is 405 g/mol. The number of pyridine rings is 2. The maximum atomic E-state index is 12.3. The largest absolute Gasteiger partial charge is 0.305 e. The van der Waals surface area contributed by atoms with E-state index in [2.05, 4.69) is 9.88 Å². The van der Waals surface area contributed by atoms with Gasteiger partial charge in [0, 0.05) is 35.4 Å². The van der Waals surface area contributed by atoms with Crippen LogP contribution in [0.4, 0.5) is 0 Å². The van der Waals surface area contributed by atoms with Crippen molar-refractivity contribution < 1.29 is 0 Å². The summed E-state index contributed by atoms with van der Waals surface area (Å²) in [5.74, 6) is 0.730. The van der Waals surface area contributed by atoms with Gasteiger partial charge in [-0.1, -0.05) is 23.2 Å². The molecule has 0 radical (unpaired) electrons. The fraction of sp³-hybridized carbons (Fsp3) is 0.391. The van der Waals surface area contributed by atoms with Crippen LogP contribution in [-0.4, -0.2) is 34.1 Å². The predicted molar refractivity (Wildman–Crippen MR) is 120 cm³/mol. The van der Waals surface area contributed by atoms with E-state index in [1.165, 1.54) is 24.8 Å². The van der Waals surface area contributed by atoms with Gasteiger partial charge in [-0.05, 0) is 86.7 Å². The first-order chi connectivity index (χ1) is 14.1. The van der Waals surface area contributed by atoms with Crippen LogP contribution in [0.15, 0.2) is 53.5 Å². The molecule has 0 unspecified atom stereocenters. The third-order valence-electron chi connectivity index (χ3n) is 5.87. The molecule has 3 aromatic rings. The molecule has 3 heterocycles. The second kappa shape index (κ2) is 9.29. The molecule has 1 fully saturated rings. The molecule has 29 heavy (non-hydrogen) atoms. The maximum absolute atomic E-state index is 12.3. The van der Waals surface area contributed by atoms with Crippen LogP contribution in [0.2, 0.25) is 10.0 Å². The highest BCUT2D eigenvalue weighted by Gasteiger charge is 2.19. The maximum Gasteiger partial charge on any atom is 0.251 e. The summed E-state index contributed by atoms with van der Waals surface area (Å²) in [6.45, 7) is 3.76. The first-order valence-electron chi connectivity index (χ1n) is 10.2. The van der Waals surface area contributed by atoms with Gasteiger partial charge in [0.15, 0.2) is 0 Å². The third kappa shape index (κ3) is 5.19. The molecular formula is C23H25Cl2N3O. The molecule has 0 atom stereocenters. The van der Waals surface area contributed by atoms with Gasteiger partial charge in [-0.15, -0.1) is 0 Å². The van der Waals surface area contributed by atoms with E-state index >= 15 is 0 Å². The van der Waals surface area contributed by atoms with Gasteiger partial charge in [0.05, 0.1) is 11.0 Å². The van der Waals surface area contributed by atoms with Gasteiger partial charge in [-0.3, -0.25) is 9.78 Å². The summed E-state index contributed by atoms with van der Waals surface area (Å²) in [5.41, 5.74) is 3.04. The number of nitrogens with zero attached hydrogens (tertiary/aromatic N) is 3. The van der Waals surface area contributed by atoms with E-state index in [-0.39, 0.29) is 5.56 Å². The van der Waals surface area contributed by atoms with E-state index < -0.39 is 0 Å². The van der Waals surface area contributed by atoms with E-state index in [1.54, 1.807) is 24.4 Å². The highest BCUT2D eigenvalue weighted by Crippen LogP contribution is 2.25. The molecule has 1 saturated heterocycles. The smallest absolute Gasteiger partial charge is 0.251 e. The van der Waals surface area contributed by atoms with E-state index in [4.69, 9.17) is 23.2 Å². The summed E-state index contributed by atoms with van der Waals surface area (Å²) in [6.07, 6.45) is 6.34. The summed E-state index contributed by atoms with van der Waals surface area (Å²) in [6, 6.07) is 13.1. The Balaban J connectivity index is 1.28. The Labute approximate surface area is 181 Å². The van der Waals surface area contributed by atoms with Crippen LogP contribution < -0.4 is 5.56 Å². The number of piperidine rings is 1. The van der Waals surface area contributed by atoms with Gasteiger partial charge in [-0.25, -0.2) is 0 Å². The van der Waals surface area contributed by atoms with Gasteiger partial charge in [0.2, 0.25) is 0 Å². The molecule has 1 aliphatic heterocycles. The van der Waals surface area contributed by atoms with Crippen LogP contribution in [0.25, 0.3) is 11.0 Å². The van der Waals surface area contributed by atoms with Gasteiger partial charge in [-0.2, -0.15) is 0 Å². The van der Waals surface area contributed by atoms with Crippen molar-refractivity contribution in [3.8, 4) is 0 Å². The Morgan fingerprint density at radius 3 is 2.52 bits per heavy atom. The molecule has 1 aliphatic rings. The minimum Gasteiger partial charge on any atom is -0.305 e. The molecule has 1 aromatic carbocycles. The summed E-state index contributed by atoms with van der Waals surface area (Å²) >= 11 is 12.2. The van der Waals surface area contributed by atoms with Crippen molar-refractivity contribution in [2.24, 2.45) is 5.92 Å².